The van der Waals surface area contributed by atoms with Crippen LogP contribution < -0.4 is 5.32 Å². The first kappa shape index (κ1) is 15.2. The van der Waals surface area contributed by atoms with Crippen LogP contribution in [-0.4, -0.2) is 43.8 Å². The van der Waals surface area contributed by atoms with Crippen LogP contribution in [0.2, 0.25) is 5.15 Å². The molecule has 1 aromatic heterocycles. The molecule has 1 saturated heterocycles. The van der Waals surface area contributed by atoms with E-state index in [2.05, 4.69) is 10.3 Å². The Bertz CT molecular complexity index is 606. The molecular formula is C12H16ClN3O3S. The Hall–Kier alpha value is -1.18. The monoisotopic (exact) mass is 317 g/mol. The number of hydrogen-bond donors (Lipinski definition) is 1. The van der Waals surface area contributed by atoms with Crippen LogP contribution in [0.15, 0.2) is 23.2 Å². The first-order valence-electron chi connectivity index (χ1n) is 6.28. The molecule has 1 fully saturated rings. The number of pyridine rings is 1. The van der Waals surface area contributed by atoms with Crippen molar-refractivity contribution in [2.24, 2.45) is 5.92 Å². The number of halogens is 1. The molecule has 2 heterocycles. The summed E-state index contributed by atoms with van der Waals surface area (Å²) in [5.74, 6) is -0.432. The van der Waals surface area contributed by atoms with Gasteiger partial charge in [-0.3, -0.25) is 4.79 Å². The van der Waals surface area contributed by atoms with Crippen LogP contribution in [0.4, 0.5) is 0 Å². The topological polar surface area (TPSA) is 79.4 Å². The molecule has 1 aliphatic heterocycles. The molecule has 1 amide bonds. The van der Waals surface area contributed by atoms with Gasteiger partial charge in [-0.1, -0.05) is 11.6 Å². The third kappa shape index (κ3) is 3.11. The van der Waals surface area contributed by atoms with E-state index in [4.69, 9.17) is 11.6 Å². The number of nitrogens with zero attached hydrogens (tertiary/aromatic N) is 2. The van der Waals surface area contributed by atoms with Gasteiger partial charge in [-0.25, -0.2) is 13.4 Å². The highest BCUT2D eigenvalue weighted by Gasteiger charge is 2.33. The lowest BCUT2D eigenvalue weighted by Gasteiger charge is -2.30. The molecule has 0 aromatic carbocycles. The van der Waals surface area contributed by atoms with Crippen LogP contribution in [0.25, 0.3) is 0 Å². The number of nitrogens with one attached hydrogen (secondary N) is 1. The summed E-state index contributed by atoms with van der Waals surface area (Å²) >= 11 is 5.73. The molecule has 1 unspecified atom stereocenters. The second-order valence-corrected chi connectivity index (χ2v) is 6.96. The van der Waals surface area contributed by atoms with Crippen molar-refractivity contribution >= 4 is 27.5 Å². The Kier molecular flexibility index (Phi) is 4.62. The molecule has 0 radical (unpaired) electrons. The molecule has 0 saturated carbocycles. The second kappa shape index (κ2) is 6.07. The van der Waals surface area contributed by atoms with E-state index in [0.717, 1.165) is 0 Å². The quantitative estimate of drug-likeness (QED) is 0.839. The van der Waals surface area contributed by atoms with Crippen LogP contribution in [0.3, 0.4) is 0 Å². The van der Waals surface area contributed by atoms with Crippen LogP contribution in [0.5, 0.6) is 0 Å². The summed E-state index contributed by atoms with van der Waals surface area (Å²) in [6, 6.07) is 2.73. The van der Waals surface area contributed by atoms with Gasteiger partial charge in [0.05, 0.1) is 10.8 Å². The lowest BCUT2D eigenvalue weighted by Crippen LogP contribution is -2.44. The number of aromatic nitrogens is 1. The van der Waals surface area contributed by atoms with Crippen LogP contribution in [0.1, 0.15) is 12.8 Å². The molecule has 1 aliphatic rings. The third-order valence-corrected chi connectivity index (χ3v) is 5.40. The fraction of sp³-hybridized carbons (Fsp3) is 0.500. The largest absolute Gasteiger partial charge is 0.359 e. The molecule has 110 valence electrons. The number of sulfonamides is 1. The number of amides is 1. The van der Waals surface area contributed by atoms with E-state index in [1.54, 1.807) is 7.05 Å². The Balaban J connectivity index is 2.23. The fourth-order valence-electron chi connectivity index (χ4n) is 2.27. The molecule has 20 heavy (non-hydrogen) atoms. The predicted octanol–water partition coefficient (Wildman–Crippen LogP) is 0.882. The zero-order valence-corrected chi connectivity index (χ0v) is 12.6. The molecule has 0 spiro atoms. The van der Waals surface area contributed by atoms with E-state index < -0.39 is 10.0 Å². The summed E-state index contributed by atoms with van der Waals surface area (Å²) in [5, 5.41) is 2.69. The molecule has 6 nitrogen and oxygen atoms in total. The Morgan fingerprint density at radius 3 is 2.95 bits per heavy atom. The van der Waals surface area contributed by atoms with E-state index in [1.165, 1.54) is 22.6 Å². The summed E-state index contributed by atoms with van der Waals surface area (Å²) in [6.07, 6.45) is 2.72. The van der Waals surface area contributed by atoms with Gasteiger partial charge in [0.25, 0.3) is 0 Å². The number of piperidine rings is 1. The normalized spacial score (nSPS) is 20.6. The zero-order valence-electron chi connectivity index (χ0n) is 11.0. The van der Waals surface area contributed by atoms with Gasteiger partial charge >= 0.3 is 0 Å². The molecule has 1 N–H and O–H groups in total. The van der Waals surface area contributed by atoms with Gasteiger partial charge in [0.1, 0.15) is 5.15 Å². The van der Waals surface area contributed by atoms with Gasteiger partial charge in [0, 0.05) is 26.3 Å². The van der Waals surface area contributed by atoms with Gasteiger partial charge in [0.15, 0.2) is 0 Å². The van der Waals surface area contributed by atoms with Gasteiger partial charge in [-0.05, 0) is 25.0 Å². The maximum Gasteiger partial charge on any atom is 0.243 e. The van der Waals surface area contributed by atoms with Gasteiger partial charge in [-0.2, -0.15) is 4.31 Å². The molecule has 1 aromatic rings. The minimum Gasteiger partial charge on any atom is -0.359 e. The molecule has 0 aliphatic carbocycles. The highest BCUT2D eigenvalue weighted by atomic mass is 35.5. The lowest BCUT2D eigenvalue weighted by atomic mass is 9.99. The van der Waals surface area contributed by atoms with Gasteiger partial charge in [-0.15, -0.1) is 0 Å². The van der Waals surface area contributed by atoms with Crippen LogP contribution in [-0.2, 0) is 14.8 Å². The summed E-state index contributed by atoms with van der Waals surface area (Å²) < 4.78 is 26.3. The summed E-state index contributed by atoms with van der Waals surface area (Å²) in [5.41, 5.74) is 0. The molecule has 0 bridgehead atoms. The Morgan fingerprint density at radius 1 is 1.55 bits per heavy atom. The number of rotatable bonds is 3. The first-order valence-corrected chi connectivity index (χ1v) is 8.10. The van der Waals surface area contributed by atoms with Crippen molar-refractivity contribution < 1.29 is 13.2 Å². The van der Waals surface area contributed by atoms with E-state index >= 15 is 0 Å². The SMILES string of the molecule is CNC(=O)C1CCCN(S(=O)(=O)c2ccnc(Cl)c2)C1. The average Bonchev–Trinajstić information content (AvgIpc) is 2.46. The van der Waals surface area contributed by atoms with Crippen molar-refractivity contribution in [3.8, 4) is 0 Å². The average molecular weight is 318 g/mol. The standard InChI is InChI=1S/C12H16ClN3O3S/c1-14-12(17)9-3-2-6-16(8-9)20(18,19)10-4-5-15-11(13)7-10/h4-5,7,9H,2-3,6,8H2,1H3,(H,14,17). The van der Waals surface area contributed by atoms with E-state index in [-0.39, 0.29) is 28.4 Å². The van der Waals surface area contributed by atoms with Crippen molar-refractivity contribution in [3.63, 3.8) is 0 Å². The maximum atomic E-state index is 12.5. The first-order chi connectivity index (χ1) is 9.45. The molecule has 1 atom stereocenters. The van der Waals surface area contributed by atoms with Crippen molar-refractivity contribution in [1.82, 2.24) is 14.6 Å². The van der Waals surface area contributed by atoms with Crippen molar-refractivity contribution in [1.29, 1.82) is 0 Å². The van der Waals surface area contributed by atoms with Crippen molar-refractivity contribution in [2.45, 2.75) is 17.7 Å². The number of carbonyl (C=O) groups is 1. The van der Waals surface area contributed by atoms with Gasteiger partial charge < -0.3 is 5.32 Å². The number of carbonyl (C=O) groups excluding carboxylic acids is 1. The molecule has 8 heteroatoms. The summed E-state index contributed by atoms with van der Waals surface area (Å²) in [6.45, 7) is 0.609. The van der Waals surface area contributed by atoms with E-state index in [9.17, 15) is 13.2 Å². The fourth-order valence-corrected chi connectivity index (χ4v) is 4.05. The summed E-state index contributed by atoms with van der Waals surface area (Å²) in [7, 11) is -2.08. The van der Waals surface area contributed by atoms with Crippen LogP contribution >= 0.6 is 11.6 Å². The van der Waals surface area contributed by atoms with Crippen molar-refractivity contribution in [3.05, 3.63) is 23.5 Å². The zero-order chi connectivity index (χ0) is 14.8. The number of hydrogen-bond acceptors (Lipinski definition) is 4. The van der Waals surface area contributed by atoms with Gasteiger partial charge in [0.2, 0.25) is 15.9 Å². The smallest absolute Gasteiger partial charge is 0.243 e. The van der Waals surface area contributed by atoms with E-state index in [1.807, 2.05) is 0 Å². The predicted molar refractivity (Wildman–Crippen MR) is 74.8 cm³/mol. The molecular weight excluding hydrogens is 302 g/mol. The second-order valence-electron chi connectivity index (χ2n) is 4.63. The summed E-state index contributed by atoms with van der Waals surface area (Å²) in [4.78, 5) is 15.5. The Morgan fingerprint density at radius 2 is 2.30 bits per heavy atom. The highest BCUT2D eigenvalue weighted by Crippen LogP contribution is 2.24. The minimum absolute atomic E-state index is 0.107. The Labute approximate surface area is 123 Å². The highest BCUT2D eigenvalue weighted by molar-refractivity contribution is 7.89. The lowest BCUT2D eigenvalue weighted by molar-refractivity contribution is -0.125. The third-order valence-electron chi connectivity index (χ3n) is 3.34. The molecule has 2 rings (SSSR count). The van der Waals surface area contributed by atoms with Crippen LogP contribution in [0, 0.1) is 5.92 Å². The van der Waals surface area contributed by atoms with Crippen molar-refractivity contribution in [2.75, 3.05) is 20.1 Å². The minimum atomic E-state index is -3.63. The van der Waals surface area contributed by atoms with E-state index in [0.29, 0.717) is 19.4 Å². The maximum absolute atomic E-state index is 12.5.